The molecule has 0 aromatic heterocycles. The van der Waals surface area contributed by atoms with Crippen LogP contribution >= 0.6 is 0 Å². The first kappa shape index (κ1) is 12.7. The van der Waals surface area contributed by atoms with Gasteiger partial charge in [0.1, 0.15) is 0 Å². The fraction of sp³-hybridized carbons (Fsp3) is 0.417. The lowest BCUT2D eigenvalue weighted by molar-refractivity contribution is -0.137. The number of halogens is 3. The minimum absolute atomic E-state index is 0.257. The zero-order valence-electron chi connectivity index (χ0n) is 10.3. The van der Waals surface area contributed by atoms with Crippen molar-refractivity contribution in [3.63, 3.8) is 0 Å². The Morgan fingerprint density at radius 3 is 2.33 bits per heavy atom. The molecule has 0 amide bonds. The summed E-state index contributed by atoms with van der Waals surface area (Å²) in [5.41, 5.74) is 6.41. The Bertz CT molecular complexity index is 498. The molecular weight excluding hydrogens is 243 g/mol. The summed E-state index contributed by atoms with van der Waals surface area (Å²) in [5, 5.41) is 0. The van der Waals surface area contributed by atoms with Gasteiger partial charge in [-0.15, -0.1) is 0 Å². The van der Waals surface area contributed by atoms with Crippen LogP contribution < -0.4 is 10.9 Å². The summed E-state index contributed by atoms with van der Waals surface area (Å²) in [6.45, 7) is 5.81. The summed E-state index contributed by atoms with van der Waals surface area (Å²) in [7, 11) is 0. The molecule has 1 N–H and O–H groups in total. The molecule has 0 unspecified atom stereocenters. The summed E-state index contributed by atoms with van der Waals surface area (Å²) >= 11 is 0. The van der Waals surface area contributed by atoms with E-state index in [1.165, 1.54) is 6.07 Å². The molecule has 18 heavy (non-hydrogen) atoms. The van der Waals surface area contributed by atoms with E-state index in [1.54, 1.807) is 0 Å². The largest absolute Gasteiger partial charge is 0.416 e. The van der Waals surface area contributed by atoms with Crippen molar-refractivity contribution in [2.24, 2.45) is 10.4 Å². The van der Waals surface area contributed by atoms with Crippen molar-refractivity contribution in [1.82, 2.24) is 5.43 Å². The van der Waals surface area contributed by atoms with E-state index in [0.29, 0.717) is 11.5 Å². The molecule has 0 aliphatic carbocycles. The highest BCUT2D eigenvalue weighted by molar-refractivity contribution is 5.94. The average Bonchev–Trinajstić information content (AvgIpc) is 2.25. The molecule has 97 valence electrons. The number of nitrogens with one attached hydrogen (secondary N) is 1. The fourth-order valence-electron chi connectivity index (χ4n) is 1.49. The quantitative estimate of drug-likeness (QED) is 0.754. The molecule has 1 radical (unpaired) electrons. The maximum absolute atomic E-state index is 12.5. The van der Waals surface area contributed by atoms with E-state index >= 15 is 0 Å². The molecule has 1 aliphatic heterocycles. The summed E-state index contributed by atoms with van der Waals surface area (Å²) < 4.78 is 37.6. The van der Waals surface area contributed by atoms with Crippen LogP contribution in [0.1, 0.15) is 26.3 Å². The maximum Gasteiger partial charge on any atom is 0.416 e. The van der Waals surface area contributed by atoms with Gasteiger partial charge in [-0.3, -0.25) is 5.43 Å². The summed E-state index contributed by atoms with van der Waals surface area (Å²) in [4.78, 5) is 4.26. The van der Waals surface area contributed by atoms with Gasteiger partial charge in [0, 0.05) is 5.41 Å². The first-order chi connectivity index (χ1) is 8.18. The lowest BCUT2D eigenvalue weighted by Gasteiger charge is -2.25. The minimum atomic E-state index is -4.36. The smallest absolute Gasteiger partial charge is 0.275 e. The Morgan fingerprint density at radius 2 is 1.78 bits per heavy atom. The molecule has 2 rings (SSSR count). The normalized spacial score (nSPS) is 15.3. The molecule has 0 fully saturated rings. The Balaban J connectivity index is 2.40. The van der Waals surface area contributed by atoms with E-state index < -0.39 is 11.7 Å². The van der Waals surface area contributed by atoms with Crippen LogP contribution in [-0.2, 0) is 6.18 Å². The van der Waals surface area contributed by atoms with Gasteiger partial charge in [0.2, 0.25) is 0 Å². The van der Waals surface area contributed by atoms with Gasteiger partial charge in [-0.1, -0.05) is 20.8 Å². The zero-order valence-corrected chi connectivity index (χ0v) is 10.3. The van der Waals surface area contributed by atoms with Crippen LogP contribution in [0.25, 0.3) is 0 Å². The highest BCUT2D eigenvalue weighted by Crippen LogP contribution is 2.37. The van der Waals surface area contributed by atoms with Crippen molar-refractivity contribution in [2.45, 2.75) is 26.9 Å². The van der Waals surface area contributed by atoms with Gasteiger partial charge in [0.25, 0.3) is 0 Å². The van der Waals surface area contributed by atoms with Crippen LogP contribution in [0.2, 0.25) is 0 Å². The lowest BCUT2D eigenvalue weighted by atomic mass is 9.95. The third kappa shape index (κ3) is 2.42. The molecule has 0 spiro atoms. The number of alkyl halides is 3. The summed E-state index contributed by atoms with van der Waals surface area (Å²) in [5.74, 6) is 0.565. The number of hydrogen-bond donors (Lipinski definition) is 1. The van der Waals surface area contributed by atoms with Crippen LogP contribution in [0.5, 0.6) is 0 Å². The zero-order chi connectivity index (χ0) is 13.6. The van der Waals surface area contributed by atoms with Gasteiger partial charge < -0.3 is 0 Å². The number of aliphatic imine (C=N–C) groups is 1. The Labute approximate surface area is 103 Å². The van der Waals surface area contributed by atoms with E-state index in [0.717, 1.165) is 12.1 Å². The first-order valence-electron chi connectivity index (χ1n) is 5.45. The molecule has 3 nitrogen and oxygen atoms in total. The minimum Gasteiger partial charge on any atom is -0.275 e. The van der Waals surface area contributed by atoms with Gasteiger partial charge in [-0.25, -0.2) is 4.99 Å². The van der Waals surface area contributed by atoms with Crippen LogP contribution in [0.15, 0.2) is 23.2 Å². The molecule has 0 atom stereocenters. The molecule has 1 aliphatic rings. The molecule has 1 aromatic rings. The number of amidine groups is 1. The monoisotopic (exact) mass is 256 g/mol. The summed E-state index contributed by atoms with van der Waals surface area (Å²) in [6.07, 6.45) is -4.36. The molecule has 6 heteroatoms. The molecule has 0 saturated heterocycles. The number of nitrogens with zero attached hydrogens (tertiary/aromatic N) is 2. The van der Waals surface area contributed by atoms with E-state index in [9.17, 15) is 13.2 Å². The lowest BCUT2D eigenvalue weighted by Crippen LogP contribution is -2.35. The van der Waals surface area contributed by atoms with Crippen LogP contribution in [-0.4, -0.2) is 5.84 Å². The van der Waals surface area contributed by atoms with Crippen molar-refractivity contribution in [3.8, 4) is 0 Å². The SMILES string of the molecule is CC(C)(C)C1=Nc2ccc(C(F)(F)F)cc2N[N]1. The van der Waals surface area contributed by atoms with Gasteiger partial charge in [0.05, 0.1) is 16.9 Å². The van der Waals surface area contributed by atoms with E-state index in [4.69, 9.17) is 0 Å². The number of benzene rings is 1. The van der Waals surface area contributed by atoms with E-state index in [-0.39, 0.29) is 11.1 Å². The molecule has 1 heterocycles. The first-order valence-corrected chi connectivity index (χ1v) is 5.45. The van der Waals surface area contributed by atoms with Crippen molar-refractivity contribution in [3.05, 3.63) is 23.8 Å². The molecule has 0 saturated carbocycles. The fourth-order valence-corrected chi connectivity index (χ4v) is 1.49. The third-order valence-corrected chi connectivity index (χ3v) is 2.50. The third-order valence-electron chi connectivity index (χ3n) is 2.50. The molecule has 0 bridgehead atoms. The van der Waals surface area contributed by atoms with Gasteiger partial charge in [0.15, 0.2) is 5.84 Å². The molecular formula is C12H13F3N3. The predicted octanol–water partition coefficient (Wildman–Crippen LogP) is 3.73. The number of hydrogen-bond acceptors (Lipinski definition) is 2. The van der Waals surface area contributed by atoms with Gasteiger partial charge in [-0.05, 0) is 18.2 Å². The average molecular weight is 256 g/mol. The molecule has 1 aromatic carbocycles. The van der Waals surface area contributed by atoms with Crippen LogP contribution in [0.3, 0.4) is 0 Å². The maximum atomic E-state index is 12.5. The second-order valence-corrected chi connectivity index (χ2v) is 5.14. The Morgan fingerprint density at radius 1 is 1.11 bits per heavy atom. The standard InChI is InChI=1S/C12H13F3N3/c1-11(2,3)10-16-8-5-4-7(12(13,14)15)6-9(8)17-18-10/h4-6,17H,1-3H3. The Hall–Kier alpha value is -1.72. The van der Waals surface area contributed by atoms with E-state index in [2.05, 4.69) is 15.8 Å². The van der Waals surface area contributed by atoms with E-state index in [1.807, 2.05) is 20.8 Å². The van der Waals surface area contributed by atoms with Crippen LogP contribution in [0, 0.1) is 5.41 Å². The summed E-state index contributed by atoms with van der Waals surface area (Å²) in [6, 6.07) is 3.39. The highest BCUT2D eigenvalue weighted by atomic mass is 19.4. The second-order valence-electron chi connectivity index (χ2n) is 5.14. The highest BCUT2D eigenvalue weighted by Gasteiger charge is 2.32. The number of fused-ring (bicyclic) bond motifs is 1. The number of rotatable bonds is 0. The number of anilines is 1. The van der Waals surface area contributed by atoms with Gasteiger partial charge >= 0.3 is 6.18 Å². The van der Waals surface area contributed by atoms with Gasteiger partial charge in [-0.2, -0.15) is 18.6 Å². The van der Waals surface area contributed by atoms with Crippen molar-refractivity contribution >= 4 is 17.2 Å². The Kier molecular flexibility index (Phi) is 2.76. The van der Waals surface area contributed by atoms with Crippen LogP contribution in [0.4, 0.5) is 24.5 Å². The van der Waals surface area contributed by atoms with Crippen molar-refractivity contribution in [1.29, 1.82) is 0 Å². The van der Waals surface area contributed by atoms with Crippen molar-refractivity contribution in [2.75, 3.05) is 5.43 Å². The second kappa shape index (κ2) is 3.90. The predicted molar refractivity (Wildman–Crippen MR) is 63.8 cm³/mol. The van der Waals surface area contributed by atoms with Crippen molar-refractivity contribution < 1.29 is 13.2 Å². The topological polar surface area (TPSA) is 38.5 Å².